The SMILES string of the molecule is [CH]1CC2(CNC2)O1. The van der Waals surface area contributed by atoms with Crippen LogP contribution in [0, 0.1) is 6.61 Å². The number of ether oxygens (including phenoxy) is 1. The third kappa shape index (κ3) is 0.359. The molecule has 1 spiro atoms. The first kappa shape index (κ1) is 3.87. The molecule has 0 saturated carbocycles. The Morgan fingerprint density at radius 3 is 2.29 bits per heavy atom. The first-order chi connectivity index (χ1) is 3.41. The van der Waals surface area contributed by atoms with Crippen LogP contribution in [-0.2, 0) is 4.74 Å². The Kier molecular flexibility index (Phi) is 0.557. The third-order valence-electron chi connectivity index (χ3n) is 1.68. The molecule has 2 fully saturated rings. The zero-order valence-corrected chi connectivity index (χ0v) is 4.11. The van der Waals surface area contributed by atoms with Gasteiger partial charge < -0.3 is 10.1 Å². The Labute approximate surface area is 42.9 Å². The lowest BCUT2D eigenvalue weighted by Gasteiger charge is -2.48. The maximum Gasteiger partial charge on any atom is 0.0960 e. The molecule has 2 heterocycles. The van der Waals surface area contributed by atoms with E-state index in [0.717, 1.165) is 19.5 Å². The lowest BCUT2D eigenvalue weighted by molar-refractivity contribution is -0.129. The molecule has 0 aromatic rings. The smallest absolute Gasteiger partial charge is 0.0960 e. The number of hydrogen-bond acceptors (Lipinski definition) is 2. The van der Waals surface area contributed by atoms with Gasteiger partial charge in [0.1, 0.15) is 0 Å². The van der Waals surface area contributed by atoms with Gasteiger partial charge in [-0.1, -0.05) is 0 Å². The zero-order valence-electron chi connectivity index (χ0n) is 4.11. The van der Waals surface area contributed by atoms with Gasteiger partial charge in [0.2, 0.25) is 0 Å². The van der Waals surface area contributed by atoms with Crippen LogP contribution in [0.1, 0.15) is 6.42 Å². The minimum atomic E-state index is 0.278. The van der Waals surface area contributed by atoms with E-state index < -0.39 is 0 Å². The summed E-state index contributed by atoms with van der Waals surface area (Å²) < 4.78 is 5.17. The highest BCUT2D eigenvalue weighted by Crippen LogP contribution is 2.32. The van der Waals surface area contributed by atoms with Crippen LogP contribution in [0.3, 0.4) is 0 Å². The van der Waals surface area contributed by atoms with Crippen molar-refractivity contribution in [1.29, 1.82) is 0 Å². The van der Waals surface area contributed by atoms with Crippen molar-refractivity contribution in [2.75, 3.05) is 13.1 Å². The van der Waals surface area contributed by atoms with Crippen LogP contribution >= 0.6 is 0 Å². The van der Waals surface area contributed by atoms with E-state index in [0.29, 0.717) is 0 Å². The van der Waals surface area contributed by atoms with Gasteiger partial charge in [0, 0.05) is 19.5 Å². The molecule has 2 saturated heterocycles. The van der Waals surface area contributed by atoms with E-state index in [1.165, 1.54) is 0 Å². The molecule has 0 aromatic heterocycles. The van der Waals surface area contributed by atoms with Gasteiger partial charge in [-0.05, 0) is 0 Å². The molecule has 7 heavy (non-hydrogen) atoms. The summed E-state index contributed by atoms with van der Waals surface area (Å²) in [5.41, 5.74) is 0.278. The molecule has 2 heteroatoms. The summed E-state index contributed by atoms with van der Waals surface area (Å²) in [7, 11) is 0. The summed E-state index contributed by atoms with van der Waals surface area (Å²) in [6.07, 6.45) is 1.15. The van der Waals surface area contributed by atoms with Gasteiger partial charge in [-0.25, -0.2) is 0 Å². The average molecular weight is 98.1 g/mol. The minimum absolute atomic E-state index is 0.278. The zero-order chi connectivity index (χ0) is 4.74. The fourth-order valence-corrected chi connectivity index (χ4v) is 0.951. The van der Waals surface area contributed by atoms with Gasteiger partial charge in [-0.15, -0.1) is 0 Å². The fourth-order valence-electron chi connectivity index (χ4n) is 0.951. The van der Waals surface area contributed by atoms with Crippen molar-refractivity contribution in [3.8, 4) is 0 Å². The topological polar surface area (TPSA) is 21.3 Å². The van der Waals surface area contributed by atoms with Crippen molar-refractivity contribution < 1.29 is 4.74 Å². The lowest BCUT2D eigenvalue weighted by atomic mass is 9.89. The molecule has 0 aliphatic carbocycles. The van der Waals surface area contributed by atoms with Gasteiger partial charge in [0.25, 0.3) is 0 Å². The predicted molar refractivity (Wildman–Crippen MR) is 25.6 cm³/mol. The second-order valence-corrected chi connectivity index (χ2v) is 2.28. The Balaban J connectivity index is 2.00. The van der Waals surface area contributed by atoms with Gasteiger partial charge >= 0.3 is 0 Å². The van der Waals surface area contributed by atoms with Crippen molar-refractivity contribution in [3.63, 3.8) is 0 Å². The molecule has 0 aromatic carbocycles. The summed E-state index contributed by atoms with van der Waals surface area (Å²) in [5.74, 6) is 0. The lowest BCUT2D eigenvalue weighted by Crippen LogP contribution is -2.65. The molecule has 2 aliphatic heterocycles. The molecule has 0 atom stereocenters. The summed E-state index contributed by atoms with van der Waals surface area (Å²) in [6.45, 7) is 3.99. The number of hydrogen-bond donors (Lipinski definition) is 1. The van der Waals surface area contributed by atoms with Crippen LogP contribution in [0.4, 0.5) is 0 Å². The van der Waals surface area contributed by atoms with Gasteiger partial charge in [0.15, 0.2) is 0 Å². The van der Waals surface area contributed by atoms with E-state index in [1.54, 1.807) is 0 Å². The van der Waals surface area contributed by atoms with E-state index in [2.05, 4.69) is 5.32 Å². The van der Waals surface area contributed by atoms with Gasteiger partial charge in [-0.2, -0.15) is 0 Å². The van der Waals surface area contributed by atoms with Crippen LogP contribution in [0.25, 0.3) is 0 Å². The second kappa shape index (κ2) is 1.01. The molecule has 2 rings (SSSR count). The molecule has 39 valence electrons. The Bertz CT molecular complexity index is 68.6. The largest absolute Gasteiger partial charge is 0.366 e. The van der Waals surface area contributed by atoms with E-state index >= 15 is 0 Å². The normalized spacial score (nSPS) is 34.3. The summed E-state index contributed by atoms with van der Waals surface area (Å²) in [4.78, 5) is 0. The molecule has 1 N–H and O–H groups in total. The average Bonchev–Trinajstić information content (AvgIpc) is 1.20. The number of nitrogens with one attached hydrogen (secondary N) is 1. The first-order valence-corrected chi connectivity index (χ1v) is 2.62. The maximum absolute atomic E-state index is 5.17. The first-order valence-electron chi connectivity index (χ1n) is 2.62. The molecular weight excluding hydrogens is 90.1 g/mol. The summed E-state index contributed by atoms with van der Waals surface area (Å²) in [5, 5.41) is 3.16. The quantitative estimate of drug-likeness (QED) is 0.457. The van der Waals surface area contributed by atoms with Gasteiger partial charge in [-0.3, -0.25) is 0 Å². The second-order valence-electron chi connectivity index (χ2n) is 2.28. The van der Waals surface area contributed by atoms with Crippen molar-refractivity contribution in [3.05, 3.63) is 6.61 Å². The van der Waals surface area contributed by atoms with Crippen molar-refractivity contribution in [2.45, 2.75) is 12.0 Å². The van der Waals surface area contributed by atoms with Crippen molar-refractivity contribution >= 4 is 0 Å². The summed E-state index contributed by atoms with van der Waals surface area (Å²) >= 11 is 0. The fraction of sp³-hybridized carbons (Fsp3) is 0.800. The van der Waals surface area contributed by atoms with Crippen LogP contribution in [0.5, 0.6) is 0 Å². The highest BCUT2D eigenvalue weighted by molar-refractivity contribution is 5.03. The molecule has 1 radical (unpaired) electrons. The van der Waals surface area contributed by atoms with E-state index in [1.807, 2.05) is 6.61 Å². The Morgan fingerprint density at radius 2 is 2.29 bits per heavy atom. The molecular formula is C5H8NO. The Hall–Kier alpha value is -0.0800. The van der Waals surface area contributed by atoms with Crippen LogP contribution in [-0.4, -0.2) is 18.7 Å². The monoisotopic (exact) mass is 98.1 g/mol. The minimum Gasteiger partial charge on any atom is -0.366 e. The standard InChI is InChI=1S/C5H8NO/c1-2-7-5(1)3-6-4-5/h2,6H,1,3-4H2. The van der Waals surface area contributed by atoms with Crippen LogP contribution < -0.4 is 5.32 Å². The predicted octanol–water partition coefficient (Wildman–Crippen LogP) is -0.0895. The third-order valence-corrected chi connectivity index (χ3v) is 1.68. The number of rotatable bonds is 0. The molecule has 0 bridgehead atoms. The highest BCUT2D eigenvalue weighted by Gasteiger charge is 2.44. The molecule has 2 nitrogen and oxygen atoms in total. The van der Waals surface area contributed by atoms with Crippen LogP contribution in [0.2, 0.25) is 0 Å². The van der Waals surface area contributed by atoms with E-state index in [9.17, 15) is 0 Å². The van der Waals surface area contributed by atoms with E-state index in [4.69, 9.17) is 4.74 Å². The Morgan fingerprint density at radius 1 is 1.57 bits per heavy atom. The van der Waals surface area contributed by atoms with Crippen molar-refractivity contribution in [2.24, 2.45) is 0 Å². The van der Waals surface area contributed by atoms with Crippen LogP contribution in [0.15, 0.2) is 0 Å². The maximum atomic E-state index is 5.17. The van der Waals surface area contributed by atoms with Crippen molar-refractivity contribution in [1.82, 2.24) is 5.32 Å². The molecule has 0 amide bonds. The summed E-state index contributed by atoms with van der Waals surface area (Å²) in [6, 6.07) is 0. The van der Waals surface area contributed by atoms with Gasteiger partial charge in [0.05, 0.1) is 12.2 Å². The highest BCUT2D eigenvalue weighted by atomic mass is 16.5. The molecule has 0 unspecified atom stereocenters. The van der Waals surface area contributed by atoms with E-state index in [-0.39, 0.29) is 5.60 Å². The molecule has 2 aliphatic rings.